The molecule has 2 atom stereocenters. The van der Waals surface area contributed by atoms with Crippen molar-refractivity contribution >= 4 is 5.97 Å². The van der Waals surface area contributed by atoms with Crippen molar-refractivity contribution in [2.75, 3.05) is 0 Å². The summed E-state index contributed by atoms with van der Waals surface area (Å²) in [5, 5.41) is 9.00. The molecule has 0 bridgehead atoms. The summed E-state index contributed by atoms with van der Waals surface area (Å²) in [6.45, 7) is 6.93. The second kappa shape index (κ2) is 27.1. The van der Waals surface area contributed by atoms with Crippen LogP contribution in [0.25, 0.3) is 0 Å². The van der Waals surface area contributed by atoms with E-state index in [1.54, 1.807) is 0 Å². The smallest absolute Gasteiger partial charge is 0.303 e. The summed E-state index contributed by atoms with van der Waals surface area (Å²) in [6.07, 6.45) is 34.8. The second-order valence-electron chi connectivity index (χ2n) is 11.4. The predicted octanol–water partition coefficient (Wildman–Crippen LogP) is 11.5. The van der Waals surface area contributed by atoms with Crippen LogP contribution in [0.3, 0.4) is 0 Å². The highest BCUT2D eigenvalue weighted by Crippen LogP contribution is 2.21. The number of hydrogen-bond acceptors (Lipinski definition) is 1. The Morgan fingerprint density at radius 1 is 0.500 bits per heavy atom. The molecule has 0 aliphatic rings. The Balaban J connectivity index is 3.28. The van der Waals surface area contributed by atoms with Crippen molar-refractivity contribution in [1.82, 2.24) is 0 Å². The third-order valence-electron chi connectivity index (χ3n) is 7.77. The molecule has 0 aliphatic heterocycles. The van der Waals surface area contributed by atoms with Gasteiger partial charge in [0.15, 0.2) is 0 Å². The highest BCUT2D eigenvalue weighted by atomic mass is 16.4. The van der Waals surface area contributed by atoms with Crippen LogP contribution in [-0.2, 0) is 4.79 Å². The Morgan fingerprint density at radius 2 is 0.853 bits per heavy atom. The molecule has 0 aromatic carbocycles. The lowest BCUT2D eigenvalue weighted by molar-refractivity contribution is -0.138. The lowest BCUT2D eigenvalue weighted by Gasteiger charge is -2.13. The standard InChI is InChI=1S/C32H64O2/c1-4-6-7-8-9-16-19-22-26-30(3)27-23-20-17-14-12-10-11-13-15-18-21-24-28-31(25-5-2)29-32(33)34/h30-31H,4-29H2,1-3H3,(H,33,34). The first-order valence-corrected chi connectivity index (χ1v) is 15.8. The Bertz CT molecular complexity index is 406. The van der Waals surface area contributed by atoms with Gasteiger partial charge in [0.05, 0.1) is 0 Å². The molecule has 2 heteroatoms. The molecule has 0 saturated heterocycles. The first-order valence-electron chi connectivity index (χ1n) is 15.8. The van der Waals surface area contributed by atoms with Gasteiger partial charge in [-0.15, -0.1) is 0 Å². The zero-order chi connectivity index (χ0) is 25.1. The Hall–Kier alpha value is -0.530. The van der Waals surface area contributed by atoms with Crippen molar-refractivity contribution in [3.8, 4) is 0 Å². The molecule has 0 aliphatic carbocycles. The maximum absolute atomic E-state index is 10.9. The van der Waals surface area contributed by atoms with E-state index in [0.717, 1.165) is 25.2 Å². The molecular formula is C32H64O2. The van der Waals surface area contributed by atoms with E-state index in [9.17, 15) is 4.79 Å². The van der Waals surface area contributed by atoms with E-state index in [0.29, 0.717) is 12.3 Å². The van der Waals surface area contributed by atoms with Crippen LogP contribution in [0.4, 0.5) is 0 Å². The van der Waals surface area contributed by atoms with Gasteiger partial charge in [0.1, 0.15) is 0 Å². The van der Waals surface area contributed by atoms with E-state index in [1.165, 1.54) is 141 Å². The van der Waals surface area contributed by atoms with Crippen LogP contribution >= 0.6 is 0 Å². The fourth-order valence-electron chi connectivity index (χ4n) is 5.47. The van der Waals surface area contributed by atoms with Crippen molar-refractivity contribution in [3.63, 3.8) is 0 Å². The van der Waals surface area contributed by atoms with Gasteiger partial charge in [-0.05, 0) is 18.3 Å². The highest BCUT2D eigenvalue weighted by Gasteiger charge is 2.11. The van der Waals surface area contributed by atoms with E-state index in [4.69, 9.17) is 5.11 Å². The second-order valence-corrected chi connectivity index (χ2v) is 11.4. The summed E-state index contributed by atoms with van der Waals surface area (Å²) in [7, 11) is 0. The fourth-order valence-corrected chi connectivity index (χ4v) is 5.47. The number of rotatable bonds is 28. The minimum atomic E-state index is -0.623. The van der Waals surface area contributed by atoms with Gasteiger partial charge in [0, 0.05) is 6.42 Å². The molecule has 0 heterocycles. The third-order valence-corrected chi connectivity index (χ3v) is 7.77. The average molecular weight is 481 g/mol. The summed E-state index contributed by atoms with van der Waals surface area (Å²) in [6, 6.07) is 0. The van der Waals surface area contributed by atoms with Crippen LogP contribution in [0.5, 0.6) is 0 Å². The summed E-state index contributed by atoms with van der Waals surface area (Å²) in [5.41, 5.74) is 0. The van der Waals surface area contributed by atoms with Gasteiger partial charge >= 0.3 is 5.97 Å². The molecule has 2 nitrogen and oxygen atoms in total. The number of hydrogen-bond donors (Lipinski definition) is 1. The molecule has 0 fully saturated rings. The molecule has 0 spiro atoms. The molecular weight excluding hydrogens is 416 g/mol. The lowest BCUT2D eigenvalue weighted by atomic mass is 9.93. The molecule has 2 unspecified atom stereocenters. The van der Waals surface area contributed by atoms with Gasteiger partial charge in [0.25, 0.3) is 0 Å². The summed E-state index contributed by atoms with van der Waals surface area (Å²) < 4.78 is 0. The van der Waals surface area contributed by atoms with Gasteiger partial charge in [-0.25, -0.2) is 0 Å². The average Bonchev–Trinajstić information content (AvgIpc) is 2.80. The third kappa shape index (κ3) is 26.1. The molecule has 34 heavy (non-hydrogen) atoms. The molecule has 0 radical (unpaired) electrons. The van der Waals surface area contributed by atoms with Crippen LogP contribution in [0, 0.1) is 11.8 Å². The zero-order valence-electron chi connectivity index (χ0n) is 23.9. The van der Waals surface area contributed by atoms with Crippen LogP contribution in [0.2, 0.25) is 0 Å². The predicted molar refractivity (Wildman–Crippen MR) is 152 cm³/mol. The van der Waals surface area contributed by atoms with Gasteiger partial charge < -0.3 is 5.11 Å². The van der Waals surface area contributed by atoms with Crippen molar-refractivity contribution in [1.29, 1.82) is 0 Å². The van der Waals surface area contributed by atoms with Gasteiger partial charge in [-0.3, -0.25) is 4.79 Å². The zero-order valence-corrected chi connectivity index (χ0v) is 23.9. The normalized spacial score (nSPS) is 13.3. The number of aliphatic carboxylic acids is 1. The van der Waals surface area contributed by atoms with E-state index in [-0.39, 0.29) is 0 Å². The number of carbonyl (C=O) groups is 1. The van der Waals surface area contributed by atoms with Crippen molar-refractivity contribution in [2.24, 2.45) is 11.8 Å². The fraction of sp³-hybridized carbons (Fsp3) is 0.969. The van der Waals surface area contributed by atoms with E-state index < -0.39 is 5.97 Å². The lowest BCUT2D eigenvalue weighted by Crippen LogP contribution is -2.07. The number of carboxylic acids is 1. The quantitative estimate of drug-likeness (QED) is 0.113. The SMILES string of the molecule is CCCCCCCCCCC(C)CCCCCCCCCCCCCCC(CCC)CC(=O)O. The minimum absolute atomic E-state index is 0.367. The number of unbranched alkanes of at least 4 members (excludes halogenated alkanes) is 18. The van der Waals surface area contributed by atoms with Gasteiger partial charge in [-0.1, -0.05) is 175 Å². The Labute approximate surface area is 215 Å². The summed E-state index contributed by atoms with van der Waals surface area (Å²) in [5.74, 6) is 0.720. The van der Waals surface area contributed by atoms with E-state index >= 15 is 0 Å². The maximum Gasteiger partial charge on any atom is 0.303 e. The summed E-state index contributed by atoms with van der Waals surface area (Å²) in [4.78, 5) is 10.9. The van der Waals surface area contributed by atoms with Crippen LogP contribution in [0.15, 0.2) is 0 Å². The molecule has 0 aromatic heterocycles. The number of carboxylic acid groups (broad SMARTS) is 1. The molecule has 0 aromatic rings. The minimum Gasteiger partial charge on any atom is -0.481 e. The van der Waals surface area contributed by atoms with Crippen LogP contribution in [0.1, 0.15) is 188 Å². The van der Waals surface area contributed by atoms with E-state index in [2.05, 4.69) is 20.8 Å². The van der Waals surface area contributed by atoms with Crippen molar-refractivity contribution in [2.45, 2.75) is 188 Å². The first kappa shape index (κ1) is 33.5. The van der Waals surface area contributed by atoms with Crippen molar-refractivity contribution < 1.29 is 9.90 Å². The first-order chi connectivity index (χ1) is 16.6. The van der Waals surface area contributed by atoms with Crippen molar-refractivity contribution in [3.05, 3.63) is 0 Å². The Morgan fingerprint density at radius 3 is 1.21 bits per heavy atom. The summed E-state index contributed by atoms with van der Waals surface area (Å²) >= 11 is 0. The molecule has 204 valence electrons. The molecule has 0 saturated carbocycles. The molecule has 0 amide bonds. The highest BCUT2D eigenvalue weighted by molar-refractivity contribution is 5.66. The van der Waals surface area contributed by atoms with Crippen LogP contribution in [-0.4, -0.2) is 11.1 Å². The van der Waals surface area contributed by atoms with Crippen LogP contribution < -0.4 is 0 Å². The van der Waals surface area contributed by atoms with Gasteiger partial charge in [0.2, 0.25) is 0 Å². The maximum atomic E-state index is 10.9. The topological polar surface area (TPSA) is 37.3 Å². The van der Waals surface area contributed by atoms with Gasteiger partial charge in [-0.2, -0.15) is 0 Å². The monoisotopic (exact) mass is 480 g/mol. The Kier molecular flexibility index (Phi) is 26.6. The molecule has 0 rings (SSSR count). The molecule has 1 N–H and O–H groups in total. The van der Waals surface area contributed by atoms with E-state index in [1.807, 2.05) is 0 Å². The largest absolute Gasteiger partial charge is 0.481 e.